The fourth-order valence-electron chi connectivity index (χ4n) is 2.94. The Kier molecular flexibility index (Phi) is 3.83. The summed E-state index contributed by atoms with van der Waals surface area (Å²) < 4.78 is 32.7. The Bertz CT molecular complexity index is 562. The van der Waals surface area contributed by atoms with Crippen LogP contribution in [0.1, 0.15) is 30.1 Å². The fourth-order valence-corrected chi connectivity index (χ4v) is 2.94. The normalized spacial score (nSPS) is 20.2. The molecule has 2 unspecified atom stereocenters. The van der Waals surface area contributed by atoms with Gasteiger partial charge in [-0.15, -0.1) is 0 Å². The molecule has 1 aromatic carbocycles. The lowest BCUT2D eigenvalue weighted by Crippen LogP contribution is -2.30. The first-order valence-electron chi connectivity index (χ1n) is 6.95. The molecule has 1 fully saturated rings. The summed E-state index contributed by atoms with van der Waals surface area (Å²) in [6.45, 7) is 0.966. The second-order valence-electron chi connectivity index (χ2n) is 5.24. The zero-order valence-corrected chi connectivity index (χ0v) is 11.1. The lowest BCUT2D eigenvalue weighted by Gasteiger charge is -2.22. The highest BCUT2D eigenvalue weighted by Crippen LogP contribution is 2.30. The Balaban J connectivity index is 1.88. The van der Waals surface area contributed by atoms with Crippen molar-refractivity contribution in [2.45, 2.75) is 31.2 Å². The van der Waals surface area contributed by atoms with Gasteiger partial charge in [0.1, 0.15) is 5.76 Å². The molecular weight excluding hydrogens is 260 g/mol. The molecule has 106 valence electrons. The maximum absolute atomic E-state index is 13.9. The third-order valence-electron chi connectivity index (χ3n) is 3.96. The van der Waals surface area contributed by atoms with Crippen LogP contribution >= 0.6 is 0 Å². The molecule has 0 bridgehead atoms. The Labute approximate surface area is 116 Å². The number of hydrogen-bond acceptors (Lipinski definition) is 2. The van der Waals surface area contributed by atoms with E-state index in [9.17, 15) is 8.78 Å². The van der Waals surface area contributed by atoms with Gasteiger partial charge in [0.05, 0.1) is 6.26 Å². The van der Waals surface area contributed by atoms with Crippen molar-refractivity contribution in [3.63, 3.8) is 0 Å². The predicted octanol–water partition coefficient (Wildman–Crippen LogP) is 3.64. The van der Waals surface area contributed by atoms with Gasteiger partial charge in [0.25, 0.3) is 0 Å². The Morgan fingerprint density at radius 1 is 1.25 bits per heavy atom. The summed E-state index contributed by atoms with van der Waals surface area (Å²) in [5, 5.41) is 3.42. The van der Waals surface area contributed by atoms with Crippen molar-refractivity contribution in [2.24, 2.45) is 0 Å². The maximum Gasteiger partial charge on any atom is 0.162 e. The minimum atomic E-state index is -0.792. The third kappa shape index (κ3) is 2.61. The summed E-state index contributed by atoms with van der Waals surface area (Å²) in [6.07, 6.45) is 4.20. The van der Waals surface area contributed by atoms with E-state index >= 15 is 0 Å². The third-order valence-corrected chi connectivity index (χ3v) is 3.96. The van der Waals surface area contributed by atoms with Crippen LogP contribution in [0.5, 0.6) is 0 Å². The molecule has 0 saturated carbocycles. The average molecular weight is 277 g/mol. The van der Waals surface area contributed by atoms with Gasteiger partial charge in [-0.25, -0.2) is 8.78 Å². The van der Waals surface area contributed by atoms with Gasteiger partial charge in [-0.05, 0) is 49.6 Å². The summed E-state index contributed by atoms with van der Waals surface area (Å²) in [6, 6.07) is 8.33. The Morgan fingerprint density at radius 2 is 2.15 bits per heavy atom. The average Bonchev–Trinajstić information content (AvgIpc) is 3.13. The number of nitrogens with one attached hydrogen (secondary N) is 1. The SMILES string of the molecule is Fc1cccc(CC(c2ccco2)C2CCCN2)c1F. The molecule has 0 amide bonds. The molecule has 1 aliphatic heterocycles. The van der Waals surface area contributed by atoms with Crippen LogP contribution in [0, 0.1) is 11.6 Å². The standard InChI is InChI=1S/C16H17F2NO/c17-13-5-1-4-11(16(13)18)10-12(14-6-2-8-19-14)15-7-3-9-20-15/h1,3-5,7,9,12,14,19H,2,6,8,10H2. The van der Waals surface area contributed by atoms with Crippen molar-refractivity contribution in [3.8, 4) is 0 Å². The van der Waals surface area contributed by atoms with E-state index in [0.717, 1.165) is 31.2 Å². The Hall–Kier alpha value is -1.68. The summed E-state index contributed by atoms with van der Waals surface area (Å²) in [4.78, 5) is 0. The van der Waals surface area contributed by atoms with Crippen molar-refractivity contribution in [1.29, 1.82) is 0 Å². The molecule has 4 heteroatoms. The predicted molar refractivity (Wildman–Crippen MR) is 72.5 cm³/mol. The van der Waals surface area contributed by atoms with Gasteiger partial charge in [-0.2, -0.15) is 0 Å². The van der Waals surface area contributed by atoms with E-state index < -0.39 is 11.6 Å². The van der Waals surface area contributed by atoms with Crippen LogP contribution in [0.4, 0.5) is 8.78 Å². The van der Waals surface area contributed by atoms with E-state index in [2.05, 4.69) is 5.32 Å². The number of benzene rings is 1. The minimum absolute atomic E-state index is 0.0313. The van der Waals surface area contributed by atoms with Crippen LogP contribution < -0.4 is 5.32 Å². The first kappa shape index (κ1) is 13.3. The van der Waals surface area contributed by atoms with E-state index in [-0.39, 0.29) is 12.0 Å². The molecule has 0 spiro atoms. The van der Waals surface area contributed by atoms with Gasteiger partial charge in [0, 0.05) is 12.0 Å². The Morgan fingerprint density at radius 3 is 2.85 bits per heavy atom. The molecule has 2 nitrogen and oxygen atoms in total. The van der Waals surface area contributed by atoms with Crippen molar-refractivity contribution in [3.05, 3.63) is 59.6 Å². The van der Waals surface area contributed by atoms with Crippen LogP contribution in [0.25, 0.3) is 0 Å². The van der Waals surface area contributed by atoms with Crippen LogP contribution in [0.15, 0.2) is 41.0 Å². The van der Waals surface area contributed by atoms with E-state index in [1.165, 1.54) is 0 Å². The number of rotatable bonds is 4. The number of hydrogen-bond donors (Lipinski definition) is 1. The molecule has 3 rings (SSSR count). The number of halogens is 2. The van der Waals surface area contributed by atoms with Crippen LogP contribution in [0.3, 0.4) is 0 Å². The van der Waals surface area contributed by atoms with Gasteiger partial charge in [0.15, 0.2) is 11.6 Å². The summed E-state index contributed by atoms with van der Waals surface area (Å²) >= 11 is 0. The highest BCUT2D eigenvalue weighted by Gasteiger charge is 2.29. The minimum Gasteiger partial charge on any atom is -0.469 e. The second-order valence-corrected chi connectivity index (χ2v) is 5.24. The van der Waals surface area contributed by atoms with Gasteiger partial charge in [0.2, 0.25) is 0 Å². The molecule has 1 saturated heterocycles. The van der Waals surface area contributed by atoms with Crippen LogP contribution in [0.2, 0.25) is 0 Å². The lowest BCUT2D eigenvalue weighted by molar-refractivity contribution is 0.388. The number of furan rings is 1. The molecule has 1 aliphatic rings. The first-order chi connectivity index (χ1) is 9.75. The topological polar surface area (TPSA) is 25.2 Å². The van der Waals surface area contributed by atoms with Crippen LogP contribution in [-0.2, 0) is 6.42 Å². The van der Waals surface area contributed by atoms with Gasteiger partial charge < -0.3 is 9.73 Å². The van der Waals surface area contributed by atoms with Gasteiger partial charge >= 0.3 is 0 Å². The van der Waals surface area contributed by atoms with Crippen LogP contribution in [-0.4, -0.2) is 12.6 Å². The lowest BCUT2D eigenvalue weighted by atomic mass is 9.89. The molecule has 0 aliphatic carbocycles. The molecule has 1 N–H and O–H groups in total. The van der Waals surface area contributed by atoms with E-state index in [1.807, 2.05) is 12.1 Å². The van der Waals surface area contributed by atoms with Crippen molar-refractivity contribution < 1.29 is 13.2 Å². The summed E-state index contributed by atoms with van der Waals surface area (Å²) in [5.41, 5.74) is 0.403. The highest BCUT2D eigenvalue weighted by atomic mass is 19.2. The van der Waals surface area contributed by atoms with Gasteiger partial charge in [-0.3, -0.25) is 0 Å². The largest absolute Gasteiger partial charge is 0.469 e. The van der Waals surface area contributed by atoms with Crippen molar-refractivity contribution in [2.75, 3.05) is 6.54 Å². The fraction of sp³-hybridized carbons (Fsp3) is 0.375. The molecule has 2 atom stereocenters. The zero-order chi connectivity index (χ0) is 13.9. The zero-order valence-electron chi connectivity index (χ0n) is 11.1. The first-order valence-corrected chi connectivity index (χ1v) is 6.95. The maximum atomic E-state index is 13.9. The molecule has 2 heterocycles. The van der Waals surface area contributed by atoms with E-state index in [0.29, 0.717) is 12.0 Å². The highest BCUT2D eigenvalue weighted by molar-refractivity contribution is 5.23. The van der Waals surface area contributed by atoms with Crippen molar-refractivity contribution in [1.82, 2.24) is 5.32 Å². The van der Waals surface area contributed by atoms with E-state index in [1.54, 1.807) is 18.4 Å². The quantitative estimate of drug-likeness (QED) is 0.923. The molecule has 20 heavy (non-hydrogen) atoms. The molecular formula is C16H17F2NO. The second kappa shape index (κ2) is 5.75. The van der Waals surface area contributed by atoms with E-state index in [4.69, 9.17) is 4.42 Å². The summed E-state index contributed by atoms with van der Waals surface area (Å²) in [5.74, 6) is -0.681. The van der Waals surface area contributed by atoms with Crippen molar-refractivity contribution >= 4 is 0 Å². The molecule has 1 aromatic heterocycles. The smallest absolute Gasteiger partial charge is 0.162 e. The molecule has 2 aromatic rings. The van der Waals surface area contributed by atoms with Gasteiger partial charge in [-0.1, -0.05) is 12.1 Å². The monoisotopic (exact) mass is 277 g/mol. The molecule has 0 radical (unpaired) electrons. The summed E-state index contributed by atoms with van der Waals surface area (Å²) in [7, 11) is 0.